The molecule has 19 heavy (non-hydrogen) atoms. The Kier molecular flexibility index (Phi) is 5.23. The molecule has 1 rings (SSSR count). The Morgan fingerprint density at radius 2 is 1.84 bits per heavy atom. The highest BCUT2D eigenvalue weighted by atomic mass is 19.4. The zero-order chi connectivity index (χ0) is 14.6. The van der Waals surface area contributed by atoms with Crippen molar-refractivity contribution in [2.24, 2.45) is 11.7 Å². The topological polar surface area (TPSA) is 35.2 Å². The zero-order valence-electron chi connectivity index (χ0n) is 11.4. The SMILES string of the molecule is COc1ccc([C@H](N)CCC(C)C)c(C(F)(F)F)c1. The second-order valence-electron chi connectivity index (χ2n) is 5.03. The van der Waals surface area contributed by atoms with Gasteiger partial charge in [0, 0.05) is 6.04 Å². The summed E-state index contributed by atoms with van der Waals surface area (Å²) in [5.41, 5.74) is 5.32. The second kappa shape index (κ2) is 6.28. The first-order valence-corrected chi connectivity index (χ1v) is 6.26. The van der Waals surface area contributed by atoms with Crippen LogP contribution in [0.5, 0.6) is 5.75 Å². The minimum Gasteiger partial charge on any atom is -0.497 e. The van der Waals surface area contributed by atoms with Gasteiger partial charge >= 0.3 is 6.18 Å². The number of alkyl halides is 3. The van der Waals surface area contributed by atoms with Crippen LogP contribution in [0.15, 0.2) is 18.2 Å². The van der Waals surface area contributed by atoms with Crippen molar-refractivity contribution in [3.05, 3.63) is 29.3 Å². The Morgan fingerprint density at radius 1 is 1.21 bits per heavy atom. The minimum absolute atomic E-state index is 0.133. The number of ether oxygens (including phenoxy) is 1. The number of nitrogens with two attached hydrogens (primary N) is 1. The van der Waals surface area contributed by atoms with E-state index in [0.29, 0.717) is 12.3 Å². The monoisotopic (exact) mass is 275 g/mol. The van der Waals surface area contributed by atoms with Crippen molar-refractivity contribution in [1.82, 2.24) is 0 Å². The van der Waals surface area contributed by atoms with E-state index in [1.807, 2.05) is 13.8 Å². The maximum atomic E-state index is 13.0. The highest BCUT2D eigenvalue weighted by Gasteiger charge is 2.35. The van der Waals surface area contributed by atoms with Crippen LogP contribution in [0.3, 0.4) is 0 Å². The Bertz CT molecular complexity index is 416. The maximum absolute atomic E-state index is 13.0. The number of benzene rings is 1. The lowest BCUT2D eigenvalue weighted by Crippen LogP contribution is -2.18. The Morgan fingerprint density at radius 3 is 2.32 bits per heavy atom. The summed E-state index contributed by atoms with van der Waals surface area (Å²) in [5.74, 6) is 0.603. The summed E-state index contributed by atoms with van der Waals surface area (Å²) in [6.07, 6.45) is -3.09. The average Bonchev–Trinajstić information content (AvgIpc) is 2.34. The van der Waals surface area contributed by atoms with Gasteiger partial charge in [0.2, 0.25) is 0 Å². The molecule has 0 bridgehead atoms. The zero-order valence-corrected chi connectivity index (χ0v) is 11.4. The smallest absolute Gasteiger partial charge is 0.416 e. The number of hydrogen-bond donors (Lipinski definition) is 1. The van der Waals surface area contributed by atoms with Crippen LogP contribution in [0.4, 0.5) is 13.2 Å². The van der Waals surface area contributed by atoms with Crippen LogP contribution in [0, 0.1) is 5.92 Å². The fraction of sp³-hybridized carbons (Fsp3) is 0.571. The quantitative estimate of drug-likeness (QED) is 0.876. The van der Waals surface area contributed by atoms with Crippen LogP contribution < -0.4 is 10.5 Å². The fourth-order valence-electron chi connectivity index (χ4n) is 1.90. The van der Waals surface area contributed by atoms with Crippen LogP contribution in [0.25, 0.3) is 0 Å². The van der Waals surface area contributed by atoms with Crippen LogP contribution in [0.2, 0.25) is 0 Å². The summed E-state index contributed by atoms with van der Waals surface area (Å²) >= 11 is 0. The third-order valence-corrected chi connectivity index (χ3v) is 3.02. The third kappa shape index (κ3) is 4.42. The molecule has 2 N–H and O–H groups in total. The van der Waals surface area contributed by atoms with Crippen molar-refractivity contribution < 1.29 is 17.9 Å². The molecule has 0 heterocycles. The summed E-state index contributed by atoms with van der Waals surface area (Å²) in [6.45, 7) is 4.04. The van der Waals surface area contributed by atoms with Crippen molar-refractivity contribution >= 4 is 0 Å². The highest BCUT2D eigenvalue weighted by molar-refractivity contribution is 5.39. The van der Waals surface area contributed by atoms with Crippen molar-refractivity contribution in [2.45, 2.75) is 38.9 Å². The first kappa shape index (κ1) is 15.8. The molecule has 108 valence electrons. The first-order valence-electron chi connectivity index (χ1n) is 6.26. The van der Waals surface area contributed by atoms with Gasteiger partial charge < -0.3 is 10.5 Å². The molecular formula is C14H20F3NO. The van der Waals surface area contributed by atoms with Gasteiger partial charge in [0.15, 0.2) is 0 Å². The standard InChI is InChI=1S/C14H20F3NO/c1-9(2)4-7-13(18)11-6-5-10(19-3)8-12(11)14(15,16)17/h5-6,8-9,13H,4,7,18H2,1-3H3/t13-/m1/s1. The number of halogens is 3. The Balaban J connectivity index is 3.05. The average molecular weight is 275 g/mol. The van der Waals surface area contributed by atoms with Crippen molar-refractivity contribution in [1.29, 1.82) is 0 Å². The van der Waals surface area contributed by atoms with Crippen LogP contribution >= 0.6 is 0 Å². The molecule has 0 saturated heterocycles. The van der Waals surface area contributed by atoms with Gasteiger partial charge in [-0.3, -0.25) is 0 Å². The first-order chi connectivity index (χ1) is 8.75. The van der Waals surface area contributed by atoms with Crippen LogP contribution in [-0.4, -0.2) is 7.11 Å². The molecule has 0 spiro atoms. The van der Waals surface area contributed by atoms with E-state index in [2.05, 4.69) is 0 Å². The Labute approximate surface area is 111 Å². The lowest BCUT2D eigenvalue weighted by molar-refractivity contribution is -0.138. The molecule has 0 radical (unpaired) electrons. The number of rotatable bonds is 5. The normalized spacial score (nSPS) is 13.7. The maximum Gasteiger partial charge on any atom is 0.416 e. The molecule has 0 aliphatic carbocycles. The molecule has 0 fully saturated rings. The van der Waals surface area contributed by atoms with E-state index in [4.69, 9.17) is 10.5 Å². The summed E-state index contributed by atoms with van der Waals surface area (Å²) in [5, 5.41) is 0. The number of methoxy groups -OCH3 is 1. The summed E-state index contributed by atoms with van der Waals surface area (Å²) in [6, 6.07) is 3.32. The van der Waals surface area contributed by atoms with E-state index in [1.54, 1.807) is 0 Å². The van der Waals surface area contributed by atoms with Gasteiger partial charge in [0.05, 0.1) is 12.7 Å². The summed E-state index contributed by atoms with van der Waals surface area (Å²) in [7, 11) is 1.34. The van der Waals surface area contributed by atoms with E-state index in [-0.39, 0.29) is 11.3 Å². The minimum atomic E-state index is -4.42. The summed E-state index contributed by atoms with van der Waals surface area (Å²) < 4.78 is 43.9. The van der Waals surface area contributed by atoms with Gasteiger partial charge in [-0.2, -0.15) is 13.2 Å². The largest absolute Gasteiger partial charge is 0.497 e. The Hall–Kier alpha value is -1.23. The molecule has 1 aromatic carbocycles. The number of hydrogen-bond acceptors (Lipinski definition) is 2. The van der Waals surface area contributed by atoms with Gasteiger partial charge in [-0.1, -0.05) is 19.9 Å². The van der Waals surface area contributed by atoms with Crippen molar-refractivity contribution in [3.63, 3.8) is 0 Å². The molecule has 0 saturated carbocycles. The van der Waals surface area contributed by atoms with Gasteiger partial charge in [0.1, 0.15) is 5.75 Å². The molecule has 0 aliphatic heterocycles. The van der Waals surface area contributed by atoms with E-state index in [9.17, 15) is 13.2 Å². The van der Waals surface area contributed by atoms with E-state index >= 15 is 0 Å². The van der Waals surface area contributed by atoms with Gasteiger partial charge in [0.25, 0.3) is 0 Å². The molecule has 0 amide bonds. The lowest BCUT2D eigenvalue weighted by atomic mass is 9.94. The molecular weight excluding hydrogens is 255 g/mol. The molecule has 0 aliphatic rings. The fourth-order valence-corrected chi connectivity index (χ4v) is 1.90. The van der Waals surface area contributed by atoms with E-state index < -0.39 is 17.8 Å². The van der Waals surface area contributed by atoms with Crippen LogP contribution in [0.1, 0.15) is 43.9 Å². The van der Waals surface area contributed by atoms with Gasteiger partial charge in [-0.25, -0.2) is 0 Å². The molecule has 0 unspecified atom stereocenters. The van der Waals surface area contributed by atoms with E-state index in [0.717, 1.165) is 12.5 Å². The predicted octanol–water partition coefficient (Wildman–Crippen LogP) is 4.15. The summed E-state index contributed by atoms with van der Waals surface area (Å²) in [4.78, 5) is 0. The molecule has 1 atom stereocenters. The van der Waals surface area contributed by atoms with Crippen molar-refractivity contribution in [2.75, 3.05) is 7.11 Å². The van der Waals surface area contributed by atoms with Crippen LogP contribution in [-0.2, 0) is 6.18 Å². The van der Waals surface area contributed by atoms with Crippen molar-refractivity contribution in [3.8, 4) is 5.75 Å². The van der Waals surface area contributed by atoms with Gasteiger partial charge in [-0.15, -0.1) is 0 Å². The lowest BCUT2D eigenvalue weighted by Gasteiger charge is -2.19. The molecule has 0 aromatic heterocycles. The molecule has 5 heteroatoms. The molecule has 1 aromatic rings. The van der Waals surface area contributed by atoms with E-state index in [1.165, 1.54) is 19.2 Å². The highest BCUT2D eigenvalue weighted by Crippen LogP contribution is 2.37. The molecule has 2 nitrogen and oxygen atoms in total. The second-order valence-corrected chi connectivity index (χ2v) is 5.03. The van der Waals surface area contributed by atoms with Gasteiger partial charge in [-0.05, 0) is 36.5 Å². The predicted molar refractivity (Wildman–Crippen MR) is 69.0 cm³/mol. The third-order valence-electron chi connectivity index (χ3n) is 3.02.